The van der Waals surface area contributed by atoms with E-state index in [4.69, 9.17) is 19.2 Å². The summed E-state index contributed by atoms with van der Waals surface area (Å²) < 4.78 is 17.3. The van der Waals surface area contributed by atoms with Crippen molar-refractivity contribution in [1.29, 1.82) is 0 Å². The molecule has 0 bridgehead atoms. The van der Waals surface area contributed by atoms with Crippen LogP contribution in [0.2, 0.25) is 0 Å². The Kier molecular flexibility index (Phi) is 6.96. The van der Waals surface area contributed by atoms with Gasteiger partial charge in [-0.05, 0) is 64.0 Å². The lowest BCUT2D eigenvalue weighted by molar-refractivity contribution is 0.0543. The molecule has 0 saturated heterocycles. The van der Waals surface area contributed by atoms with Gasteiger partial charge in [-0.15, -0.1) is 0 Å². The molecule has 2 aromatic heterocycles. The van der Waals surface area contributed by atoms with E-state index in [1.165, 1.54) is 11.7 Å². The first-order chi connectivity index (χ1) is 16.0. The Morgan fingerprint density at radius 3 is 2.18 bits per heavy atom. The number of esters is 1. The maximum absolute atomic E-state index is 13.1. The van der Waals surface area contributed by atoms with Crippen molar-refractivity contribution in [1.82, 2.24) is 9.55 Å². The summed E-state index contributed by atoms with van der Waals surface area (Å²) in [5.74, 6) is 0.278. The normalized spacial score (nSPS) is 12.2. The molecule has 0 amide bonds. The van der Waals surface area contributed by atoms with Crippen molar-refractivity contribution in [2.75, 3.05) is 14.2 Å². The highest BCUT2D eigenvalue weighted by atomic mass is 16.6. The minimum atomic E-state index is -0.670. The molecule has 0 saturated carbocycles. The van der Waals surface area contributed by atoms with Crippen LogP contribution in [0.1, 0.15) is 50.5 Å². The molecule has 0 fully saturated rings. The maximum atomic E-state index is 13.1. The molecule has 7 heteroatoms. The molecule has 0 aliphatic heterocycles. The van der Waals surface area contributed by atoms with Gasteiger partial charge in [-0.2, -0.15) is 0 Å². The fourth-order valence-electron chi connectivity index (χ4n) is 3.67. The van der Waals surface area contributed by atoms with Crippen LogP contribution in [-0.4, -0.2) is 41.4 Å². The predicted molar refractivity (Wildman–Crippen MR) is 133 cm³/mol. The highest BCUT2D eigenvalue weighted by Gasteiger charge is 2.23. The van der Waals surface area contributed by atoms with E-state index in [9.17, 15) is 9.59 Å². The number of carbonyl (C=O) groups excluding carboxylic acids is 2. The molecule has 2 heterocycles. The van der Waals surface area contributed by atoms with Gasteiger partial charge in [-0.1, -0.05) is 18.7 Å². The molecule has 0 aliphatic carbocycles. The second-order valence-electron chi connectivity index (χ2n) is 8.97. The van der Waals surface area contributed by atoms with Gasteiger partial charge < -0.3 is 14.2 Å². The highest BCUT2D eigenvalue weighted by Crippen LogP contribution is 2.34. The summed E-state index contributed by atoms with van der Waals surface area (Å²) in [6.45, 7) is 13.3. The molecule has 34 heavy (non-hydrogen) atoms. The third-order valence-corrected chi connectivity index (χ3v) is 5.22. The average molecular weight is 463 g/mol. The van der Waals surface area contributed by atoms with E-state index in [0.717, 1.165) is 27.8 Å². The third kappa shape index (κ3) is 5.03. The number of hydrogen-bond donors (Lipinski definition) is 0. The van der Waals surface area contributed by atoms with Crippen molar-refractivity contribution in [3.8, 4) is 11.1 Å². The summed E-state index contributed by atoms with van der Waals surface area (Å²) in [6, 6.07) is 8.83. The molecular weight excluding hydrogens is 432 g/mol. The zero-order chi connectivity index (χ0) is 25.2. The van der Waals surface area contributed by atoms with Crippen molar-refractivity contribution >= 4 is 28.7 Å². The van der Waals surface area contributed by atoms with Gasteiger partial charge >= 0.3 is 12.1 Å². The van der Waals surface area contributed by atoms with Gasteiger partial charge in [0.15, 0.2) is 0 Å². The number of rotatable bonds is 5. The maximum Gasteiger partial charge on any atom is 0.419 e. The standard InChI is InChI=1S/C27H30N2O5/c1-16(2)23(17(3)32-7)20-13-22-24(28-14-20)21(15-29(22)26(31)34-27(4,5)6)18-9-11-19(12-10-18)25(30)33-8/h9-15H,1H2,2-8H3/b23-17+. The fourth-order valence-corrected chi connectivity index (χ4v) is 3.67. The van der Waals surface area contributed by atoms with Crippen molar-refractivity contribution in [3.05, 3.63) is 71.8 Å². The van der Waals surface area contributed by atoms with Crippen LogP contribution in [0.25, 0.3) is 27.7 Å². The van der Waals surface area contributed by atoms with Crippen molar-refractivity contribution in [2.24, 2.45) is 0 Å². The van der Waals surface area contributed by atoms with E-state index in [2.05, 4.69) is 6.58 Å². The van der Waals surface area contributed by atoms with Crippen LogP contribution < -0.4 is 0 Å². The lowest BCUT2D eigenvalue weighted by atomic mass is 9.99. The van der Waals surface area contributed by atoms with E-state index in [-0.39, 0.29) is 0 Å². The molecule has 3 rings (SSSR count). The second kappa shape index (κ2) is 9.55. The summed E-state index contributed by atoms with van der Waals surface area (Å²) >= 11 is 0. The number of fused-ring (bicyclic) bond motifs is 1. The van der Waals surface area contributed by atoms with Crippen LogP contribution in [-0.2, 0) is 14.2 Å². The van der Waals surface area contributed by atoms with Gasteiger partial charge in [0.2, 0.25) is 0 Å². The molecule has 3 aromatic rings. The van der Waals surface area contributed by atoms with E-state index in [1.807, 2.05) is 40.7 Å². The van der Waals surface area contributed by atoms with Gasteiger partial charge in [-0.3, -0.25) is 9.55 Å². The van der Waals surface area contributed by atoms with E-state index < -0.39 is 17.7 Å². The lowest BCUT2D eigenvalue weighted by Gasteiger charge is -2.20. The van der Waals surface area contributed by atoms with Crippen LogP contribution in [0, 0.1) is 0 Å². The number of benzene rings is 1. The van der Waals surface area contributed by atoms with Crippen LogP contribution >= 0.6 is 0 Å². The Hall–Kier alpha value is -3.87. The van der Waals surface area contributed by atoms with Crippen LogP contribution in [0.3, 0.4) is 0 Å². The molecule has 0 aliphatic rings. The first kappa shape index (κ1) is 24.8. The van der Waals surface area contributed by atoms with Crippen LogP contribution in [0.4, 0.5) is 4.79 Å². The topological polar surface area (TPSA) is 79.7 Å². The van der Waals surface area contributed by atoms with Gasteiger partial charge in [0.1, 0.15) is 11.4 Å². The summed E-state index contributed by atoms with van der Waals surface area (Å²) in [4.78, 5) is 29.6. The third-order valence-electron chi connectivity index (χ3n) is 5.22. The molecule has 178 valence electrons. The summed E-state index contributed by atoms with van der Waals surface area (Å²) in [5, 5.41) is 0. The van der Waals surface area contributed by atoms with Gasteiger partial charge in [0, 0.05) is 29.1 Å². The monoisotopic (exact) mass is 462 g/mol. The Morgan fingerprint density at radius 2 is 1.65 bits per heavy atom. The Morgan fingerprint density at radius 1 is 1.00 bits per heavy atom. The largest absolute Gasteiger partial charge is 0.501 e. The zero-order valence-corrected chi connectivity index (χ0v) is 20.7. The van der Waals surface area contributed by atoms with Crippen LogP contribution in [0.15, 0.2) is 60.6 Å². The first-order valence-electron chi connectivity index (χ1n) is 10.8. The molecule has 1 aromatic carbocycles. The molecule has 0 atom stereocenters. The number of allylic oxidation sites excluding steroid dienone is 3. The van der Waals surface area contributed by atoms with E-state index >= 15 is 0 Å². The van der Waals surface area contributed by atoms with E-state index in [0.29, 0.717) is 22.4 Å². The van der Waals surface area contributed by atoms with Crippen LogP contribution in [0.5, 0.6) is 0 Å². The second-order valence-corrected chi connectivity index (χ2v) is 8.97. The number of carbonyl (C=O) groups is 2. The SMILES string of the molecule is C=C(C)/C(=C(/C)OC)c1cnc2c(-c3ccc(C(=O)OC)cc3)cn(C(=O)OC(C)(C)C)c2c1. The lowest BCUT2D eigenvalue weighted by Crippen LogP contribution is -2.26. The van der Waals surface area contributed by atoms with Crippen molar-refractivity contribution < 1.29 is 23.8 Å². The fraction of sp³-hybridized carbons (Fsp3) is 0.296. The number of ether oxygens (including phenoxy) is 3. The Labute approximate surface area is 199 Å². The van der Waals surface area contributed by atoms with Gasteiger partial charge in [0.25, 0.3) is 0 Å². The predicted octanol–water partition coefficient (Wildman–Crippen LogP) is 6.23. The summed E-state index contributed by atoms with van der Waals surface area (Å²) in [5.41, 5.74) is 4.90. The molecule has 0 N–H and O–H groups in total. The van der Waals surface area contributed by atoms with Gasteiger partial charge in [0.05, 0.1) is 30.8 Å². The van der Waals surface area contributed by atoms with Crippen molar-refractivity contribution in [2.45, 2.75) is 40.2 Å². The quantitative estimate of drug-likeness (QED) is 0.254. The smallest absolute Gasteiger partial charge is 0.419 e. The molecular formula is C27H30N2O5. The number of methoxy groups -OCH3 is 2. The zero-order valence-electron chi connectivity index (χ0n) is 20.7. The average Bonchev–Trinajstić information content (AvgIpc) is 3.16. The number of aromatic nitrogens is 2. The Balaban J connectivity index is 2.24. The highest BCUT2D eigenvalue weighted by molar-refractivity contribution is 6.00. The number of pyridine rings is 1. The molecule has 0 spiro atoms. The summed E-state index contributed by atoms with van der Waals surface area (Å²) in [6.07, 6.45) is 2.93. The molecule has 0 radical (unpaired) electrons. The first-order valence-corrected chi connectivity index (χ1v) is 10.8. The molecule has 7 nitrogen and oxygen atoms in total. The molecule has 0 unspecified atom stereocenters. The summed E-state index contributed by atoms with van der Waals surface area (Å²) in [7, 11) is 2.94. The minimum Gasteiger partial charge on any atom is -0.501 e. The number of nitrogens with zero attached hydrogens (tertiary/aromatic N) is 2. The Bertz CT molecular complexity index is 1290. The number of hydrogen-bond acceptors (Lipinski definition) is 6. The van der Waals surface area contributed by atoms with Crippen molar-refractivity contribution in [3.63, 3.8) is 0 Å². The van der Waals surface area contributed by atoms with Gasteiger partial charge in [-0.25, -0.2) is 9.59 Å². The minimum absolute atomic E-state index is 0.418. The van der Waals surface area contributed by atoms with E-state index in [1.54, 1.807) is 43.8 Å².